The van der Waals surface area contributed by atoms with Crippen molar-refractivity contribution < 1.29 is 4.74 Å². The first-order valence-electron chi connectivity index (χ1n) is 7.34. The Bertz CT molecular complexity index is 368. The van der Waals surface area contributed by atoms with Crippen LogP contribution in [0.2, 0.25) is 0 Å². The summed E-state index contributed by atoms with van der Waals surface area (Å²) < 4.78 is 7.03. The molecule has 0 radical (unpaired) electrons. The fourth-order valence-corrected chi connectivity index (χ4v) is 2.46. The fraction of sp³-hybridized carbons (Fsp3) is 0.625. The highest BCUT2D eigenvalue weighted by atomic mass is 79.9. The molecule has 1 N–H and O–H groups in total. The van der Waals surface area contributed by atoms with E-state index in [1.807, 2.05) is 0 Å². The van der Waals surface area contributed by atoms with Crippen molar-refractivity contribution >= 4 is 15.9 Å². The number of rotatable bonds is 9. The molecule has 1 aromatic rings. The molecular weight excluding hydrogens is 302 g/mol. The van der Waals surface area contributed by atoms with Crippen molar-refractivity contribution in [3.63, 3.8) is 0 Å². The first-order valence-corrected chi connectivity index (χ1v) is 8.14. The van der Waals surface area contributed by atoms with Crippen LogP contribution < -0.4 is 10.1 Å². The zero-order valence-corrected chi connectivity index (χ0v) is 13.9. The van der Waals surface area contributed by atoms with Gasteiger partial charge in [0, 0.05) is 16.1 Å². The summed E-state index contributed by atoms with van der Waals surface area (Å²) in [6.45, 7) is 8.30. The Kier molecular flexibility index (Phi) is 8.15. The maximum Gasteiger partial charge on any atom is 0.125 e. The molecule has 1 atom stereocenters. The van der Waals surface area contributed by atoms with E-state index in [4.69, 9.17) is 4.74 Å². The van der Waals surface area contributed by atoms with Crippen molar-refractivity contribution in [2.24, 2.45) is 0 Å². The van der Waals surface area contributed by atoms with E-state index >= 15 is 0 Å². The van der Waals surface area contributed by atoms with Gasteiger partial charge in [-0.25, -0.2) is 0 Å². The Labute approximate surface area is 126 Å². The van der Waals surface area contributed by atoms with E-state index in [0.29, 0.717) is 6.04 Å². The van der Waals surface area contributed by atoms with Crippen molar-refractivity contribution in [2.75, 3.05) is 13.2 Å². The lowest BCUT2D eigenvalue weighted by atomic mass is 10.1. The largest absolute Gasteiger partial charge is 0.493 e. The SMILES string of the molecule is CCCCCCOc1cc(Br)ccc1C(C)NCC. The zero-order valence-electron chi connectivity index (χ0n) is 12.3. The summed E-state index contributed by atoms with van der Waals surface area (Å²) in [7, 11) is 0. The third-order valence-electron chi connectivity index (χ3n) is 3.21. The summed E-state index contributed by atoms with van der Waals surface area (Å²) in [5.74, 6) is 0.999. The van der Waals surface area contributed by atoms with Gasteiger partial charge in [-0.15, -0.1) is 0 Å². The van der Waals surface area contributed by atoms with Crippen LogP contribution in [0.5, 0.6) is 5.75 Å². The molecule has 0 aromatic heterocycles. The minimum absolute atomic E-state index is 0.323. The number of benzene rings is 1. The third kappa shape index (κ3) is 5.96. The maximum atomic E-state index is 5.96. The second-order valence-corrected chi connectivity index (χ2v) is 5.79. The first kappa shape index (κ1) is 16.5. The van der Waals surface area contributed by atoms with Crippen LogP contribution in [0.25, 0.3) is 0 Å². The molecule has 0 bridgehead atoms. The maximum absolute atomic E-state index is 5.96. The average molecular weight is 328 g/mol. The number of ether oxygens (including phenoxy) is 1. The molecule has 0 fully saturated rings. The van der Waals surface area contributed by atoms with Crippen LogP contribution in [0.4, 0.5) is 0 Å². The summed E-state index contributed by atoms with van der Waals surface area (Å²) in [5.41, 5.74) is 1.24. The standard InChI is InChI=1S/C16H26BrNO/c1-4-6-7-8-11-19-16-12-14(17)9-10-15(16)13(3)18-5-2/h9-10,12-13,18H,4-8,11H2,1-3H3. The van der Waals surface area contributed by atoms with Crippen molar-refractivity contribution in [1.82, 2.24) is 5.32 Å². The van der Waals surface area contributed by atoms with Gasteiger partial charge in [-0.2, -0.15) is 0 Å². The Balaban J connectivity index is 2.61. The molecule has 0 aliphatic carbocycles. The van der Waals surface area contributed by atoms with E-state index in [9.17, 15) is 0 Å². The summed E-state index contributed by atoms with van der Waals surface area (Å²) in [6.07, 6.45) is 4.94. The van der Waals surface area contributed by atoms with Gasteiger partial charge in [-0.3, -0.25) is 0 Å². The van der Waals surface area contributed by atoms with Crippen molar-refractivity contribution in [2.45, 2.75) is 52.5 Å². The second kappa shape index (κ2) is 9.38. The predicted octanol–water partition coefficient (Wildman–Crippen LogP) is 5.08. The first-order chi connectivity index (χ1) is 9.19. The number of hydrogen-bond acceptors (Lipinski definition) is 2. The fourth-order valence-electron chi connectivity index (χ4n) is 2.12. The average Bonchev–Trinajstić information content (AvgIpc) is 2.39. The van der Waals surface area contributed by atoms with Crippen LogP contribution in [-0.4, -0.2) is 13.2 Å². The Morgan fingerprint density at radius 2 is 2.00 bits per heavy atom. The number of unbranched alkanes of at least 4 members (excludes halogenated alkanes) is 3. The predicted molar refractivity (Wildman–Crippen MR) is 85.9 cm³/mol. The van der Waals surface area contributed by atoms with Crippen molar-refractivity contribution in [3.05, 3.63) is 28.2 Å². The number of hydrogen-bond donors (Lipinski definition) is 1. The van der Waals surface area contributed by atoms with Crippen LogP contribution in [0.15, 0.2) is 22.7 Å². The second-order valence-electron chi connectivity index (χ2n) is 4.87. The normalized spacial score (nSPS) is 12.4. The summed E-state index contributed by atoms with van der Waals surface area (Å²) in [4.78, 5) is 0. The van der Waals surface area contributed by atoms with E-state index < -0.39 is 0 Å². The van der Waals surface area contributed by atoms with Gasteiger partial charge in [-0.1, -0.05) is 55.1 Å². The highest BCUT2D eigenvalue weighted by molar-refractivity contribution is 9.10. The molecule has 1 rings (SSSR count). The molecule has 1 unspecified atom stereocenters. The number of nitrogens with one attached hydrogen (secondary N) is 1. The van der Waals surface area contributed by atoms with Gasteiger partial charge in [0.1, 0.15) is 5.75 Å². The van der Waals surface area contributed by atoms with E-state index in [1.165, 1.54) is 24.8 Å². The van der Waals surface area contributed by atoms with Crippen LogP contribution in [0.1, 0.15) is 58.1 Å². The molecule has 1 aromatic carbocycles. The molecule has 0 heterocycles. The Hall–Kier alpha value is -0.540. The zero-order chi connectivity index (χ0) is 14.1. The van der Waals surface area contributed by atoms with Gasteiger partial charge in [0.2, 0.25) is 0 Å². The van der Waals surface area contributed by atoms with Gasteiger partial charge < -0.3 is 10.1 Å². The van der Waals surface area contributed by atoms with E-state index in [2.05, 4.69) is 60.2 Å². The van der Waals surface area contributed by atoms with Gasteiger partial charge in [0.25, 0.3) is 0 Å². The Morgan fingerprint density at radius 3 is 2.68 bits per heavy atom. The van der Waals surface area contributed by atoms with Gasteiger partial charge >= 0.3 is 0 Å². The van der Waals surface area contributed by atoms with Gasteiger partial charge in [-0.05, 0) is 32.0 Å². The van der Waals surface area contributed by atoms with Crippen LogP contribution in [-0.2, 0) is 0 Å². The molecule has 0 saturated heterocycles. The quantitative estimate of drug-likeness (QED) is 0.638. The third-order valence-corrected chi connectivity index (χ3v) is 3.70. The lowest BCUT2D eigenvalue weighted by Crippen LogP contribution is -2.18. The topological polar surface area (TPSA) is 21.3 Å². The monoisotopic (exact) mass is 327 g/mol. The molecule has 108 valence electrons. The Morgan fingerprint density at radius 1 is 1.21 bits per heavy atom. The van der Waals surface area contributed by atoms with Gasteiger partial charge in [0.05, 0.1) is 6.61 Å². The highest BCUT2D eigenvalue weighted by Crippen LogP contribution is 2.28. The molecule has 19 heavy (non-hydrogen) atoms. The molecule has 0 aliphatic rings. The van der Waals surface area contributed by atoms with E-state index in [1.54, 1.807) is 0 Å². The van der Waals surface area contributed by atoms with E-state index in [-0.39, 0.29) is 0 Å². The minimum atomic E-state index is 0.323. The summed E-state index contributed by atoms with van der Waals surface area (Å²) in [5, 5.41) is 3.44. The van der Waals surface area contributed by atoms with Crippen LogP contribution in [0.3, 0.4) is 0 Å². The summed E-state index contributed by atoms with van der Waals surface area (Å²) in [6, 6.07) is 6.61. The summed E-state index contributed by atoms with van der Waals surface area (Å²) >= 11 is 3.52. The van der Waals surface area contributed by atoms with Crippen molar-refractivity contribution in [3.8, 4) is 5.75 Å². The molecule has 0 spiro atoms. The molecule has 0 amide bonds. The lowest BCUT2D eigenvalue weighted by Gasteiger charge is -2.18. The molecule has 0 saturated carbocycles. The molecular formula is C16H26BrNO. The lowest BCUT2D eigenvalue weighted by molar-refractivity contribution is 0.299. The molecule has 0 aliphatic heterocycles. The molecule has 2 nitrogen and oxygen atoms in total. The highest BCUT2D eigenvalue weighted by Gasteiger charge is 2.11. The number of halogens is 1. The van der Waals surface area contributed by atoms with E-state index in [0.717, 1.165) is 29.8 Å². The van der Waals surface area contributed by atoms with Gasteiger partial charge in [0.15, 0.2) is 0 Å². The smallest absolute Gasteiger partial charge is 0.125 e. The van der Waals surface area contributed by atoms with Crippen LogP contribution >= 0.6 is 15.9 Å². The molecule has 3 heteroatoms. The van der Waals surface area contributed by atoms with Crippen LogP contribution in [0, 0.1) is 0 Å². The van der Waals surface area contributed by atoms with Crippen molar-refractivity contribution in [1.29, 1.82) is 0 Å². The minimum Gasteiger partial charge on any atom is -0.493 e.